The van der Waals surface area contributed by atoms with Gasteiger partial charge < -0.3 is 10.1 Å². The maximum atomic E-state index is 5.96. The minimum absolute atomic E-state index is 0.637. The lowest BCUT2D eigenvalue weighted by atomic mass is 10.2. The molecule has 0 amide bonds. The fraction of sp³-hybridized carbons (Fsp3) is 0.143. The number of benzene rings is 2. The molecular weight excluding hydrogens is 349 g/mol. The van der Waals surface area contributed by atoms with E-state index < -0.39 is 0 Å². The molecule has 0 saturated heterocycles. The fourth-order valence-electron chi connectivity index (χ4n) is 1.69. The Morgan fingerprint density at radius 1 is 1.11 bits per heavy atom. The summed E-state index contributed by atoms with van der Waals surface area (Å²) in [6, 6.07) is 11.3. The predicted octanol–water partition coefficient (Wildman–Crippen LogP) is 5.38. The molecule has 0 fully saturated rings. The second-order valence-electron chi connectivity index (χ2n) is 3.98. The molecule has 0 aliphatic carbocycles. The number of anilines is 1. The molecule has 1 N–H and O–H groups in total. The molecule has 0 radical (unpaired) electrons. The van der Waals surface area contributed by atoms with Gasteiger partial charge in [0.05, 0.1) is 11.6 Å². The molecular formula is C14H12BrCl2NO. The van der Waals surface area contributed by atoms with Gasteiger partial charge in [0.15, 0.2) is 0 Å². The summed E-state index contributed by atoms with van der Waals surface area (Å²) < 4.78 is 6.17. The summed E-state index contributed by atoms with van der Waals surface area (Å²) in [7, 11) is 1.64. The SMILES string of the molecule is COc1cc(NCc2cc(Cl)cc(Cl)c2)ccc1Br. The van der Waals surface area contributed by atoms with Crippen LogP contribution in [-0.2, 0) is 6.54 Å². The zero-order valence-electron chi connectivity index (χ0n) is 10.2. The summed E-state index contributed by atoms with van der Waals surface area (Å²) in [4.78, 5) is 0. The van der Waals surface area contributed by atoms with Crippen molar-refractivity contribution in [2.45, 2.75) is 6.54 Å². The molecule has 0 atom stereocenters. The summed E-state index contributed by atoms with van der Waals surface area (Å²) >= 11 is 15.3. The normalized spacial score (nSPS) is 10.3. The molecule has 2 rings (SSSR count). The van der Waals surface area contributed by atoms with Crippen molar-refractivity contribution in [1.29, 1.82) is 0 Å². The van der Waals surface area contributed by atoms with Crippen molar-refractivity contribution >= 4 is 44.8 Å². The van der Waals surface area contributed by atoms with Gasteiger partial charge in [-0.2, -0.15) is 0 Å². The maximum absolute atomic E-state index is 5.96. The minimum atomic E-state index is 0.637. The molecule has 0 bridgehead atoms. The minimum Gasteiger partial charge on any atom is -0.495 e. The molecule has 19 heavy (non-hydrogen) atoms. The molecule has 0 heterocycles. The van der Waals surface area contributed by atoms with Gasteiger partial charge >= 0.3 is 0 Å². The Labute approximate surface area is 130 Å². The van der Waals surface area contributed by atoms with E-state index in [0.717, 1.165) is 21.5 Å². The van der Waals surface area contributed by atoms with Crippen LogP contribution in [0.3, 0.4) is 0 Å². The molecule has 0 unspecified atom stereocenters. The van der Waals surface area contributed by atoms with Crippen molar-refractivity contribution in [3.8, 4) is 5.75 Å². The lowest BCUT2D eigenvalue weighted by Crippen LogP contribution is -1.99. The first-order chi connectivity index (χ1) is 9.08. The monoisotopic (exact) mass is 359 g/mol. The van der Waals surface area contributed by atoms with Crippen LogP contribution in [0, 0.1) is 0 Å². The van der Waals surface area contributed by atoms with E-state index in [4.69, 9.17) is 27.9 Å². The second-order valence-corrected chi connectivity index (χ2v) is 5.71. The highest BCUT2D eigenvalue weighted by molar-refractivity contribution is 9.10. The van der Waals surface area contributed by atoms with Crippen LogP contribution in [0.5, 0.6) is 5.75 Å². The lowest BCUT2D eigenvalue weighted by Gasteiger charge is -2.10. The van der Waals surface area contributed by atoms with Crippen LogP contribution in [-0.4, -0.2) is 7.11 Å². The number of halogens is 3. The van der Waals surface area contributed by atoms with Crippen LogP contribution >= 0.6 is 39.1 Å². The first kappa shape index (κ1) is 14.5. The van der Waals surface area contributed by atoms with E-state index in [2.05, 4.69) is 21.2 Å². The van der Waals surface area contributed by atoms with Gasteiger partial charge in [-0.05, 0) is 51.8 Å². The first-order valence-corrected chi connectivity index (χ1v) is 7.16. The van der Waals surface area contributed by atoms with Gasteiger partial charge in [-0.25, -0.2) is 0 Å². The highest BCUT2D eigenvalue weighted by Crippen LogP contribution is 2.28. The van der Waals surface area contributed by atoms with Crippen molar-refractivity contribution in [3.05, 3.63) is 56.5 Å². The zero-order valence-corrected chi connectivity index (χ0v) is 13.3. The highest BCUT2D eigenvalue weighted by atomic mass is 79.9. The van der Waals surface area contributed by atoms with Gasteiger partial charge in [0.2, 0.25) is 0 Å². The van der Waals surface area contributed by atoms with E-state index in [1.165, 1.54) is 0 Å². The number of hydrogen-bond donors (Lipinski definition) is 1. The molecule has 0 saturated carbocycles. The van der Waals surface area contributed by atoms with Crippen LogP contribution in [0.4, 0.5) is 5.69 Å². The average Bonchev–Trinajstić information content (AvgIpc) is 2.36. The van der Waals surface area contributed by atoms with Crippen LogP contribution in [0.15, 0.2) is 40.9 Å². The smallest absolute Gasteiger partial charge is 0.135 e. The van der Waals surface area contributed by atoms with Gasteiger partial charge in [0.1, 0.15) is 5.75 Å². The number of methoxy groups -OCH3 is 1. The Hall–Kier alpha value is -0.900. The number of ether oxygens (including phenoxy) is 1. The van der Waals surface area contributed by atoms with Crippen LogP contribution in [0.25, 0.3) is 0 Å². The first-order valence-electron chi connectivity index (χ1n) is 5.61. The van der Waals surface area contributed by atoms with Crippen molar-refractivity contribution in [3.63, 3.8) is 0 Å². The van der Waals surface area contributed by atoms with Gasteiger partial charge in [0, 0.05) is 28.3 Å². The van der Waals surface area contributed by atoms with Crippen molar-refractivity contribution in [2.75, 3.05) is 12.4 Å². The van der Waals surface area contributed by atoms with Crippen molar-refractivity contribution in [1.82, 2.24) is 0 Å². The molecule has 0 aliphatic heterocycles. The molecule has 2 aromatic carbocycles. The van der Waals surface area contributed by atoms with E-state index in [9.17, 15) is 0 Å². The molecule has 5 heteroatoms. The number of nitrogens with one attached hydrogen (secondary N) is 1. The fourth-order valence-corrected chi connectivity index (χ4v) is 2.67. The van der Waals surface area contributed by atoms with Gasteiger partial charge in [-0.1, -0.05) is 23.2 Å². The Bertz CT molecular complexity index is 569. The maximum Gasteiger partial charge on any atom is 0.135 e. The molecule has 2 nitrogen and oxygen atoms in total. The van der Waals surface area contributed by atoms with E-state index in [1.807, 2.05) is 30.3 Å². The van der Waals surface area contributed by atoms with Crippen LogP contribution in [0.2, 0.25) is 10.0 Å². The summed E-state index contributed by atoms with van der Waals surface area (Å²) in [5.74, 6) is 0.786. The van der Waals surface area contributed by atoms with Crippen LogP contribution < -0.4 is 10.1 Å². The standard InChI is InChI=1S/C14H12BrCl2NO/c1-19-14-7-12(2-3-13(14)15)18-8-9-4-10(16)6-11(17)5-9/h2-7,18H,8H2,1H3. The number of hydrogen-bond acceptors (Lipinski definition) is 2. The topological polar surface area (TPSA) is 21.3 Å². The van der Waals surface area contributed by atoms with Crippen molar-refractivity contribution < 1.29 is 4.74 Å². The van der Waals surface area contributed by atoms with E-state index in [1.54, 1.807) is 13.2 Å². The average molecular weight is 361 g/mol. The zero-order chi connectivity index (χ0) is 13.8. The quantitative estimate of drug-likeness (QED) is 0.790. The molecule has 0 spiro atoms. The summed E-state index contributed by atoms with van der Waals surface area (Å²) in [5, 5.41) is 4.57. The van der Waals surface area contributed by atoms with E-state index in [-0.39, 0.29) is 0 Å². The second kappa shape index (κ2) is 6.51. The third kappa shape index (κ3) is 4.03. The predicted molar refractivity (Wildman–Crippen MR) is 84.5 cm³/mol. The molecule has 0 aliphatic rings. The molecule has 0 aromatic heterocycles. The lowest BCUT2D eigenvalue weighted by molar-refractivity contribution is 0.412. The Morgan fingerprint density at radius 3 is 2.42 bits per heavy atom. The highest BCUT2D eigenvalue weighted by Gasteiger charge is 2.02. The third-order valence-corrected chi connectivity index (χ3v) is 3.66. The molecule has 2 aromatic rings. The summed E-state index contributed by atoms with van der Waals surface area (Å²) in [6.45, 7) is 0.644. The number of rotatable bonds is 4. The Kier molecular flexibility index (Phi) is 4.97. The van der Waals surface area contributed by atoms with Crippen molar-refractivity contribution in [2.24, 2.45) is 0 Å². The molecule has 100 valence electrons. The van der Waals surface area contributed by atoms with Gasteiger partial charge in [-0.15, -0.1) is 0 Å². The van der Waals surface area contributed by atoms with Gasteiger partial charge in [0.25, 0.3) is 0 Å². The van der Waals surface area contributed by atoms with E-state index in [0.29, 0.717) is 16.6 Å². The largest absolute Gasteiger partial charge is 0.495 e. The summed E-state index contributed by atoms with van der Waals surface area (Å²) in [5.41, 5.74) is 2.00. The van der Waals surface area contributed by atoms with Gasteiger partial charge in [-0.3, -0.25) is 0 Å². The Balaban J connectivity index is 2.10. The van der Waals surface area contributed by atoms with E-state index >= 15 is 0 Å². The Morgan fingerprint density at radius 2 is 1.79 bits per heavy atom. The summed E-state index contributed by atoms with van der Waals surface area (Å²) in [6.07, 6.45) is 0. The third-order valence-electron chi connectivity index (χ3n) is 2.57. The van der Waals surface area contributed by atoms with Crippen LogP contribution in [0.1, 0.15) is 5.56 Å².